The Morgan fingerprint density at radius 3 is 2.56 bits per heavy atom. The average Bonchev–Trinajstić information content (AvgIpc) is 3.63. The first-order valence-corrected chi connectivity index (χ1v) is 14.4. The van der Waals surface area contributed by atoms with E-state index in [4.69, 9.17) is 13.9 Å². The fourth-order valence-corrected chi connectivity index (χ4v) is 5.45. The number of aromatic nitrogens is 4. The number of rotatable bonds is 9. The fraction of sp³-hybridized carbons (Fsp3) is 0.406. The van der Waals surface area contributed by atoms with Crippen LogP contribution in [0.15, 0.2) is 52.9 Å². The lowest BCUT2D eigenvalue weighted by molar-refractivity contribution is -0.128. The third-order valence-corrected chi connectivity index (χ3v) is 7.33. The highest BCUT2D eigenvalue weighted by atomic mass is 16.5. The van der Waals surface area contributed by atoms with Gasteiger partial charge in [0.1, 0.15) is 29.8 Å². The van der Waals surface area contributed by atoms with E-state index < -0.39 is 17.5 Å². The highest BCUT2D eigenvalue weighted by molar-refractivity contribution is 6.02. The lowest BCUT2D eigenvalue weighted by Gasteiger charge is -2.36. The van der Waals surface area contributed by atoms with Gasteiger partial charge < -0.3 is 19.2 Å². The van der Waals surface area contributed by atoms with Gasteiger partial charge in [-0.15, -0.1) is 10.2 Å². The standard InChI is InChI=1S/C32H38N6O5/c1-20-14-16-27(43-20)30-34-36-37(35-30)19-28(39)38(25-13-9-11-21-10-7-8-12-23(21)25)29(31(40)33-32(2,3)4)24-18-22(41-5)15-17-26(24)42-6/h9,11,13-18,29H,7-8,10,12,19H2,1-6H3,(H,33,40). The Labute approximate surface area is 251 Å². The number of hydrogen-bond donors (Lipinski definition) is 1. The van der Waals surface area contributed by atoms with Gasteiger partial charge >= 0.3 is 0 Å². The first-order valence-electron chi connectivity index (χ1n) is 14.4. The van der Waals surface area contributed by atoms with Gasteiger partial charge in [-0.05, 0) is 106 Å². The number of tetrazole rings is 1. The molecular weight excluding hydrogens is 548 g/mol. The number of hydrogen-bond acceptors (Lipinski definition) is 8. The van der Waals surface area contributed by atoms with Crippen molar-refractivity contribution in [2.45, 2.75) is 71.5 Å². The molecule has 1 unspecified atom stereocenters. The maximum Gasteiger partial charge on any atom is 0.251 e. The van der Waals surface area contributed by atoms with Gasteiger partial charge in [0, 0.05) is 16.8 Å². The predicted molar refractivity (Wildman–Crippen MR) is 161 cm³/mol. The number of nitrogens with one attached hydrogen (secondary N) is 1. The van der Waals surface area contributed by atoms with E-state index in [1.807, 2.05) is 39.8 Å². The number of carbonyl (C=O) groups is 2. The summed E-state index contributed by atoms with van der Waals surface area (Å²) in [5, 5.41) is 15.7. The van der Waals surface area contributed by atoms with Crippen molar-refractivity contribution in [3.63, 3.8) is 0 Å². The van der Waals surface area contributed by atoms with Gasteiger partial charge in [-0.3, -0.25) is 14.5 Å². The quantitative estimate of drug-likeness (QED) is 0.296. The summed E-state index contributed by atoms with van der Waals surface area (Å²) in [7, 11) is 3.10. The Balaban J connectivity index is 1.66. The monoisotopic (exact) mass is 586 g/mol. The van der Waals surface area contributed by atoms with Crippen LogP contribution >= 0.6 is 0 Å². The molecule has 2 heterocycles. The Bertz CT molecular complexity index is 1620. The average molecular weight is 587 g/mol. The van der Waals surface area contributed by atoms with E-state index in [1.54, 1.807) is 42.3 Å². The number of methoxy groups -OCH3 is 2. The summed E-state index contributed by atoms with van der Waals surface area (Å²) in [4.78, 5) is 31.6. The first kappa shape index (κ1) is 29.8. The zero-order chi connectivity index (χ0) is 30.7. The van der Waals surface area contributed by atoms with Crippen LogP contribution < -0.4 is 19.7 Å². The zero-order valence-electron chi connectivity index (χ0n) is 25.5. The van der Waals surface area contributed by atoms with Crippen LogP contribution in [0.1, 0.15) is 62.1 Å². The molecule has 0 bridgehead atoms. The van der Waals surface area contributed by atoms with Crippen LogP contribution in [0, 0.1) is 6.92 Å². The summed E-state index contributed by atoms with van der Waals surface area (Å²) in [5.74, 6) is 1.66. The molecule has 0 spiro atoms. The molecule has 2 aromatic carbocycles. The third-order valence-electron chi connectivity index (χ3n) is 7.33. The van der Waals surface area contributed by atoms with E-state index in [-0.39, 0.29) is 18.3 Å². The number of benzene rings is 2. The Kier molecular flexibility index (Phi) is 8.52. The van der Waals surface area contributed by atoms with Gasteiger partial charge in [0.15, 0.2) is 5.76 Å². The second-order valence-corrected chi connectivity index (χ2v) is 11.7. The van der Waals surface area contributed by atoms with Crippen molar-refractivity contribution in [2.75, 3.05) is 19.1 Å². The maximum absolute atomic E-state index is 14.5. The van der Waals surface area contributed by atoms with Crippen LogP contribution in [0.4, 0.5) is 5.69 Å². The van der Waals surface area contributed by atoms with E-state index in [0.717, 1.165) is 31.2 Å². The van der Waals surface area contributed by atoms with Crippen LogP contribution in [-0.4, -0.2) is 51.8 Å². The highest BCUT2D eigenvalue weighted by Gasteiger charge is 2.38. The second-order valence-electron chi connectivity index (χ2n) is 11.7. The topological polar surface area (TPSA) is 125 Å². The minimum Gasteiger partial charge on any atom is -0.497 e. The number of nitrogens with zero attached hydrogens (tertiary/aromatic N) is 5. The normalized spacial score (nSPS) is 13.6. The molecule has 1 atom stereocenters. The zero-order valence-corrected chi connectivity index (χ0v) is 25.5. The van der Waals surface area contributed by atoms with Gasteiger partial charge in [0.25, 0.3) is 5.91 Å². The molecule has 5 rings (SSSR count). The van der Waals surface area contributed by atoms with Crippen molar-refractivity contribution in [2.24, 2.45) is 0 Å². The van der Waals surface area contributed by atoms with Crippen molar-refractivity contribution in [3.05, 3.63) is 71.0 Å². The SMILES string of the molecule is COc1ccc(OC)c(C(C(=O)NC(C)(C)C)N(C(=O)Cn2nnc(-c3ccc(C)o3)n2)c2cccc3c2CCCC3)c1. The van der Waals surface area contributed by atoms with Crippen LogP contribution in [0.5, 0.6) is 11.5 Å². The molecule has 1 aliphatic rings. The molecule has 0 aliphatic heterocycles. The van der Waals surface area contributed by atoms with Gasteiger partial charge in [-0.25, -0.2) is 0 Å². The first-order chi connectivity index (χ1) is 20.6. The molecule has 0 saturated carbocycles. The molecule has 2 amide bonds. The van der Waals surface area contributed by atoms with Crippen molar-refractivity contribution in [1.29, 1.82) is 0 Å². The number of aryl methyl sites for hydroxylation is 2. The van der Waals surface area contributed by atoms with E-state index in [2.05, 4.69) is 26.8 Å². The van der Waals surface area contributed by atoms with Crippen molar-refractivity contribution in [1.82, 2.24) is 25.5 Å². The van der Waals surface area contributed by atoms with Crippen molar-refractivity contribution < 1.29 is 23.5 Å². The molecule has 1 N–H and O–H groups in total. The summed E-state index contributed by atoms with van der Waals surface area (Å²) in [6, 6.07) is 13.6. The van der Waals surface area contributed by atoms with Gasteiger partial charge in [-0.2, -0.15) is 4.80 Å². The molecule has 4 aromatic rings. The van der Waals surface area contributed by atoms with Crippen molar-refractivity contribution in [3.8, 4) is 23.1 Å². The molecule has 0 radical (unpaired) electrons. The van der Waals surface area contributed by atoms with Gasteiger partial charge in [-0.1, -0.05) is 12.1 Å². The lowest BCUT2D eigenvalue weighted by Crippen LogP contribution is -2.50. The molecule has 43 heavy (non-hydrogen) atoms. The van der Waals surface area contributed by atoms with Gasteiger partial charge in [0.2, 0.25) is 11.7 Å². The lowest BCUT2D eigenvalue weighted by atomic mass is 9.89. The number of carbonyl (C=O) groups excluding carboxylic acids is 2. The number of ether oxygens (including phenoxy) is 2. The van der Waals surface area contributed by atoms with E-state index in [1.165, 1.54) is 17.5 Å². The van der Waals surface area contributed by atoms with Crippen LogP contribution in [-0.2, 0) is 29.0 Å². The molecule has 1 aliphatic carbocycles. The van der Waals surface area contributed by atoms with E-state index in [0.29, 0.717) is 34.3 Å². The summed E-state index contributed by atoms with van der Waals surface area (Å²) < 4.78 is 16.9. The molecule has 11 heteroatoms. The molecular formula is C32H38N6O5. The minimum absolute atomic E-state index is 0.262. The number of fused-ring (bicyclic) bond motifs is 1. The highest BCUT2D eigenvalue weighted by Crippen LogP contribution is 2.39. The summed E-state index contributed by atoms with van der Waals surface area (Å²) in [6.07, 6.45) is 3.76. The molecule has 0 fully saturated rings. The summed E-state index contributed by atoms with van der Waals surface area (Å²) in [6.45, 7) is 7.27. The summed E-state index contributed by atoms with van der Waals surface area (Å²) >= 11 is 0. The minimum atomic E-state index is -1.10. The van der Waals surface area contributed by atoms with Crippen LogP contribution in [0.2, 0.25) is 0 Å². The molecule has 0 saturated heterocycles. The molecule has 11 nitrogen and oxygen atoms in total. The largest absolute Gasteiger partial charge is 0.497 e. The van der Waals surface area contributed by atoms with E-state index in [9.17, 15) is 9.59 Å². The van der Waals surface area contributed by atoms with Crippen molar-refractivity contribution >= 4 is 17.5 Å². The van der Waals surface area contributed by atoms with E-state index >= 15 is 0 Å². The maximum atomic E-state index is 14.5. The Morgan fingerprint density at radius 2 is 1.86 bits per heavy atom. The van der Waals surface area contributed by atoms with Crippen LogP contribution in [0.3, 0.4) is 0 Å². The molecule has 2 aromatic heterocycles. The molecule has 226 valence electrons. The third kappa shape index (κ3) is 6.55. The second kappa shape index (κ2) is 12.3. The fourth-order valence-electron chi connectivity index (χ4n) is 5.45. The predicted octanol–water partition coefficient (Wildman–Crippen LogP) is 4.83. The number of furan rings is 1. The summed E-state index contributed by atoms with van der Waals surface area (Å²) in [5.41, 5.74) is 2.81. The van der Waals surface area contributed by atoms with Crippen LogP contribution in [0.25, 0.3) is 11.6 Å². The number of anilines is 1. The number of amides is 2. The van der Waals surface area contributed by atoms with Gasteiger partial charge in [0.05, 0.1) is 14.2 Å². The smallest absolute Gasteiger partial charge is 0.251 e. The Morgan fingerprint density at radius 1 is 1.07 bits per heavy atom. The Hall–Kier alpha value is -4.67.